The summed E-state index contributed by atoms with van der Waals surface area (Å²) in [5.74, 6) is 0.484. The maximum Gasteiger partial charge on any atom is 0.0931 e. The highest BCUT2D eigenvalue weighted by molar-refractivity contribution is 7.09. The molecule has 0 radical (unpaired) electrons. The van der Waals surface area contributed by atoms with Gasteiger partial charge >= 0.3 is 0 Å². The molecule has 18 heavy (non-hydrogen) atoms. The zero-order valence-electron chi connectivity index (χ0n) is 11.0. The molecule has 0 aliphatic rings. The molecular formula is C15H20N2S. The highest BCUT2D eigenvalue weighted by Gasteiger charge is 2.11. The van der Waals surface area contributed by atoms with E-state index in [1.807, 2.05) is 6.92 Å². The Hall–Kier alpha value is -1.19. The SMILES string of the molecule is Cc1cccc(CC(CN)Cc2nc(C)cs2)c1. The molecule has 0 fully saturated rings. The smallest absolute Gasteiger partial charge is 0.0931 e. The Morgan fingerprint density at radius 2 is 2.11 bits per heavy atom. The number of benzene rings is 1. The van der Waals surface area contributed by atoms with E-state index in [0.29, 0.717) is 12.5 Å². The second-order valence-corrected chi connectivity index (χ2v) is 5.82. The third-order valence-corrected chi connectivity index (χ3v) is 4.06. The van der Waals surface area contributed by atoms with Gasteiger partial charge in [0.15, 0.2) is 0 Å². The van der Waals surface area contributed by atoms with Gasteiger partial charge < -0.3 is 5.73 Å². The summed E-state index contributed by atoms with van der Waals surface area (Å²) in [6, 6.07) is 8.68. The van der Waals surface area contributed by atoms with E-state index in [1.165, 1.54) is 16.1 Å². The van der Waals surface area contributed by atoms with Gasteiger partial charge in [-0.3, -0.25) is 0 Å². The van der Waals surface area contributed by atoms with Crippen molar-refractivity contribution in [2.24, 2.45) is 11.7 Å². The van der Waals surface area contributed by atoms with Gasteiger partial charge in [0.2, 0.25) is 0 Å². The minimum atomic E-state index is 0.484. The molecule has 0 aliphatic heterocycles. The van der Waals surface area contributed by atoms with E-state index >= 15 is 0 Å². The quantitative estimate of drug-likeness (QED) is 0.897. The molecule has 1 aromatic carbocycles. The van der Waals surface area contributed by atoms with Crippen molar-refractivity contribution >= 4 is 11.3 Å². The van der Waals surface area contributed by atoms with Gasteiger partial charge in [-0.05, 0) is 38.3 Å². The van der Waals surface area contributed by atoms with Gasteiger partial charge in [0, 0.05) is 17.5 Å². The second-order valence-electron chi connectivity index (χ2n) is 4.88. The Morgan fingerprint density at radius 3 is 2.72 bits per heavy atom. The maximum atomic E-state index is 5.89. The van der Waals surface area contributed by atoms with Crippen LogP contribution in [0.5, 0.6) is 0 Å². The largest absolute Gasteiger partial charge is 0.330 e. The molecule has 2 N–H and O–H groups in total. The lowest BCUT2D eigenvalue weighted by Crippen LogP contribution is -2.19. The van der Waals surface area contributed by atoms with Crippen LogP contribution < -0.4 is 5.73 Å². The van der Waals surface area contributed by atoms with E-state index in [2.05, 4.69) is 41.6 Å². The number of aryl methyl sites for hydroxylation is 2. The number of nitrogens with two attached hydrogens (primary N) is 1. The lowest BCUT2D eigenvalue weighted by Gasteiger charge is -2.13. The molecule has 96 valence electrons. The molecule has 0 aliphatic carbocycles. The van der Waals surface area contributed by atoms with Gasteiger partial charge in [0.1, 0.15) is 0 Å². The summed E-state index contributed by atoms with van der Waals surface area (Å²) in [4.78, 5) is 4.52. The summed E-state index contributed by atoms with van der Waals surface area (Å²) in [6.45, 7) is 4.88. The van der Waals surface area contributed by atoms with Crippen LogP contribution in [0.2, 0.25) is 0 Å². The molecule has 0 spiro atoms. The number of hydrogen-bond acceptors (Lipinski definition) is 3. The van der Waals surface area contributed by atoms with E-state index in [0.717, 1.165) is 18.5 Å². The highest BCUT2D eigenvalue weighted by Crippen LogP contribution is 2.17. The third-order valence-electron chi connectivity index (χ3n) is 3.07. The Morgan fingerprint density at radius 1 is 1.28 bits per heavy atom. The van der Waals surface area contributed by atoms with Gasteiger partial charge in [-0.15, -0.1) is 11.3 Å². The van der Waals surface area contributed by atoms with E-state index in [9.17, 15) is 0 Å². The fraction of sp³-hybridized carbons (Fsp3) is 0.400. The average Bonchev–Trinajstić information content (AvgIpc) is 2.74. The molecule has 0 amide bonds. The van der Waals surface area contributed by atoms with Crippen LogP contribution >= 0.6 is 11.3 Å². The Balaban J connectivity index is 2.01. The highest BCUT2D eigenvalue weighted by atomic mass is 32.1. The van der Waals surface area contributed by atoms with Crippen LogP contribution in [0, 0.1) is 19.8 Å². The molecule has 2 aromatic rings. The molecule has 2 nitrogen and oxygen atoms in total. The molecule has 0 bridgehead atoms. The number of hydrogen-bond donors (Lipinski definition) is 1. The van der Waals surface area contributed by atoms with E-state index in [1.54, 1.807) is 11.3 Å². The number of rotatable bonds is 5. The molecule has 1 aromatic heterocycles. The first-order valence-electron chi connectivity index (χ1n) is 6.34. The van der Waals surface area contributed by atoms with Crippen molar-refractivity contribution in [3.8, 4) is 0 Å². The zero-order chi connectivity index (χ0) is 13.0. The summed E-state index contributed by atoms with van der Waals surface area (Å²) in [6.07, 6.45) is 2.03. The Labute approximate surface area is 113 Å². The van der Waals surface area contributed by atoms with Crippen LogP contribution in [0.4, 0.5) is 0 Å². The van der Waals surface area contributed by atoms with Crippen molar-refractivity contribution in [3.05, 3.63) is 51.5 Å². The van der Waals surface area contributed by atoms with Gasteiger partial charge in [-0.2, -0.15) is 0 Å². The summed E-state index contributed by atoms with van der Waals surface area (Å²) in [5, 5.41) is 3.31. The first-order chi connectivity index (χ1) is 8.67. The molecule has 0 saturated carbocycles. The van der Waals surface area contributed by atoms with Crippen molar-refractivity contribution in [2.75, 3.05) is 6.54 Å². The fourth-order valence-corrected chi connectivity index (χ4v) is 3.04. The predicted octanol–water partition coefficient (Wildman–Crippen LogP) is 3.12. The van der Waals surface area contributed by atoms with Crippen LogP contribution in [-0.4, -0.2) is 11.5 Å². The van der Waals surface area contributed by atoms with Crippen LogP contribution in [0.3, 0.4) is 0 Å². The van der Waals surface area contributed by atoms with Crippen LogP contribution in [0.1, 0.15) is 21.8 Å². The summed E-state index contributed by atoms with van der Waals surface area (Å²) >= 11 is 1.74. The van der Waals surface area contributed by atoms with Crippen LogP contribution in [0.15, 0.2) is 29.6 Å². The summed E-state index contributed by atoms with van der Waals surface area (Å²) in [5.41, 5.74) is 9.69. The molecule has 2 rings (SSSR count). The predicted molar refractivity (Wildman–Crippen MR) is 78.0 cm³/mol. The summed E-state index contributed by atoms with van der Waals surface area (Å²) < 4.78 is 0. The molecule has 3 heteroatoms. The lowest BCUT2D eigenvalue weighted by molar-refractivity contribution is 0.531. The monoisotopic (exact) mass is 260 g/mol. The zero-order valence-corrected chi connectivity index (χ0v) is 11.8. The van der Waals surface area contributed by atoms with Crippen molar-refractivity contribution in [1.82, 2.24) is 4.98 Å². The fourth-order valence-electron chi connectivity index (χ4n) is 2.15. The van der Waals surface area contributed by atoms with Gasteiger partial charge in [-0.1, -0.05) is 29.8 Å². The van der Waals surface area contributed by atoms with E-state index in [-0.39, 0.29) is 0 Å². The van der Waals surface area contributed by atoms with Crippen molar-refractivity contribution in [3.63, 3.8) is 0 Å². The van der Waals surface area contributed by atoms with Crippen molar-refractivity contribution < 1.29 is 0 Å². The minimum absolute atomic E-state index is 0.484. The van der Waals surface area contributed by atoms with Gasteiger partial charge in [0.05, 0.1) is 5.01 Å². The van der Waals surface area contributed by atoms with Crippen molar-refractivity contribution in [1.29, 1.82) is 0 Å². The van der Waals surface area contributed by atoms with Crippen LogP contribution in [0.25, 0.3) is 0 Å². The van der Waals surface area contributed by atoms with Gasteiger partial charge in [-0.25, -0.2) is 4.98 Å². The summed E-state index contributed by atoms with van der Waals surface area (Å²) in [7, 11) is 0. The molecule has 1 heterocycles. The van der Waals surface area contributed by atoms with Crippen molar-refractivity contribution in [2.45, 2.75) is 26.7 Å². The molecule has 1 unspecified atom stereocenters. The molecule has 0 saturated heterocycles. The number of nitrogens with zero attached hydrogens (tertiary/aromatic N) is 1. The normalized spacial score (nSPS) is 12.6. The van der Waals surface area contributed by atoms with E-state index < -0.39 is 0 Å². The molecular weight excluding hydrogens is 240 g/mol. The Kier molecular flexibility index (Phi) is 4.50. The molecule has 1 atom stereocenters. The standard InChI is InChI=1S/C15H20N2S/c1-11-4-3-5-13(6-11)7-14(9-16)8-15-17-12(2)10-18-15/h3-6,10,14H,7-9,16H2,1-2H3. The Bertz CT molecular complexity index is 505. The third kappa shape index (κ3) is 3.65. The maximum absolute atomic E-state index is 5.89. The van der Waals surface area contributed by atoms with E-state index in [4.69, 9.17) is 5.73 Å². The van der Waals surface area contributed by atoms with Gasteiger partial charge in [0.25, 0.3) is 0 Å². The first-order valence-corrected chi connectivity index (χ1v) is 7.22. The van der Waals surface area contributed by atoms with Crippen LogP contribution in [-0.2, 0) is 12.8 Å². The first kappa shape index (κ1) is 13.2. The minimum Gasteiger partial charge on any atom is -0.330 e. The second kappa shape index (κ2) is 6.12. The average molecular weight is 260 g/mol. The number of aromatic nitrogens is 1. The lowest BCUT2D eigenvalue weighted by atomic mass is 9.96. The topological polar surface area (TPSA) is 38.9 Å². The number of thiazole rings is 1.